The molecule has 0 unspecified atom stereocenters. The van der Waals surface area contributed by atoms with Crippen molar-refractivity contribution in [1.29, 1.82) is 0 Å². The van der Waals surface area contributed by atoms with E-state index in [4.69, 9.17) is 16.2 Å². The summed E-state index contributed by atoms with van der Waals surface area (Å²) in [7, 11) is 0. The lowest BCUT2D eigenvalue weighted by atomic mass is 10.1. The summed E-state index contributed by atoms with van der Waals surface area (Å²) in [5.74, 6) is -1.30. The number of carbonyl (C=O) groups is 3. The molecule has 7 heteroatoms. The van der Waals surface area contributed by atoms with E-state index in [1.807, 2.05) is 0 Å². The third-order valence-corrected chi connectivity index (χ3v) is 2.79. The number of hydrogen-bond donors (Lipinski definition) is 2. The molecule has 7 nitrogen and oxygen atoms in total. The van der Waals surface area contributed by atoms with Crippen LogP contribution in [0.15, 0.2) is 24.3 Å². The number of aromatic nitrogens is 1. The first-order chi connectivity index (χ1) is 9.45. The first-order valence-corrected chi connectivity index (χ1v) is 5.88. The zero-order chi connectivity index (χ0) is 14.9. The third-order valence-electron chi connectivity index (χ3n) is 2.79. The molecule has 0 atom stereocenters. The van der Waals surface area contributed by atoms with Gasteiger partial charge in [-0.05, 0) is 25.1 Å². The largest absolute Gasteiger partial charge is 0.462 e. The normalized spacial score (nSPS) is 10.4. The zero-order valence-corrected chi connectivity index (χ0v) is 10.8. The maximum absolute atomic E-state index is 11.7. The number of rotatable bonds is 3. The Labute approximate surface area is 114 Å². The van der Waals surface area contributed by atoms with E-state index in [2.05, 4.69) is 0 Å². The van der Waals surface area contributed by atoms with E-state index in [0.717, 1.165) is 4.57 Å². The van der Waals surface area contributed by atoms with Gasteiger partial charge in [0.25, 0.3) is 5.91 Å². The number of fused-ring (bicyclic) bond motifs is 1. The molecule has 0 radical (unpaired) electrons. The number of primary amides is 2. The van der Waals surface area contributed by atoms with Crippen LogP contribution in [0.5, 0.6) is 0 Å². The van der Waals surface area contributed by atoms with Gasteiger partial charge in [-0.1, -0.05) is 6.07 Å². The summed E-state index contributed by atoms with van der Waals surface area (Å²) in [4.78, 5) is 34.5. The number of hydrogen-bond acceptors (Lipinski definition) is 4. The van der Waals surface area contributed by atoms with Gasteiger partial charge in [-0.3, -0.25) is 9.36 Å². The molecule has 0 saturated carbocycles. The van der Waals surface area contributed by atoms with Crippen LogP contribution in [-0.4, -0.2) is 29.1 Å². The molecule has 0 fully saturated rings. The first kappa shape index (κ1) is 13.6. The molecule has 0 aliphatic heterocycles. The smallest absolute Gasteiger partial charge is 0.338 e. The van der Waals surface area contributed by atoms with E-state index < -0.39 is 17.9 Å². The number of nitrogens with zero attached hydrogens (tertiary/aromatic N) is 1. The van der Waals surface area contributed by atoms with E-state index in [9.17, 15) is 14.4 Å². The Hall–Kier alpha value is -2.83. The fourth-order valence-corrected chi connectivity index (χ4v) is 1.96. The summed E-state index contributed by atoms with van der Waals surface area (Å²) in [5, 5.41) is 0.575. The monoisotopic (exact) mass is 275 g/mol. The molecule has 2 amide bonds. The van der Waals surface area contributed by atoms with Gasteiger partial charge in [-0.2, -0.15) is 0 Å². The lowest BCUT2D eigenvalue weighted by molar-refractivity contribution is 0.0526. The van der Waals surface area contributed by atoms with Crippen molar-refractivity contribution < 1.29 is 19.1 Å². The number of esters is 1. The summed E-state index contributed by atoms with van der Waals surface area (Å²) in [6.45, 7) is 1.92. The van der Waals surface area contributed by atoms with Crippen molar-refractivity contribution in [2.75, 3.05) is 6.61 Å². The predicted molar refractivity (Wildman–Crippen MR) is 71.4 cm³/mol. The molecule has 0 aliphatic rings. The minimum absolute atomic E-state index is 0.0338. The second-order valence-electron chi connectivity index (χ2n) is 4.06. The Morgan fingerprint density at radius 3 is 2.45 bits per heavy atom. The van der Waals surface area contributed by atoms with Crippen LogP contribution in [0.25, 0.3) is 10.9 Å². The van der Waals surface area contributed by atoms with Crippen molar-refractivity contribution in [2.24, 2.45) is 11.5 Å². The molecule has 1 aromatic carbocycles. The molecule has 4 N–H and O–H groups in total. The highest BCUT2D eigenvalue weighted by atomic mass is 16.5. The molecule has 2 aromatic rings. The quantitative estimate of drug-likeness (QED) is 0.807. The summed E-state index contributed by atoms with van der Waals surface area (Å²) < 4.78 is 5.85. The SMILES string of the molecule is CCOC(=O)c1ccc2cc(C(N)=O)n(C(N)=O)c2c1. The van der Waals surface area contributed by atoms with Crippen molar-refractivity contribution in [1.82, 2.24) is 4.57 Å². The Balaban J connectivity index is 2.67. The topological polar surface area (TPSA) is 117 Å². The number of amides is 2. The van der Waals surface area contributed by atoms with E-state index in [1.54, 1.807) is 13.0 Å². The van der Waals surface area contributed by atoms with Gasteiger partial charge in [0.2, 0.25) is 0 Å². The van der Waals surface area contributed by atoms with E-state index in [-0.39, 0.29) is 17.9 Å². The summed E-state index contributed by atoms with van der Waals surface area (Å²) in [5.41, 5.74) is 11.0. The average molecular weight is 275 g/mol. The van der Waals surface area contributed by atoms with Crippen LogP contribution in [-0.2, 0) is 4.74 Å². The van der Waals surface area contributed by atoms with Gasteiger partial charge in [0.1, 0.15) is 5.69 Å². The fourth-order valence-electron chi connectivity index (χ4n) is 1.96. The maximum Gasteiger partial charge on any atom is 0.338 e. The van der Waals surface area contributed by atoms with Gasteiger partial charge >= 0.3 is 12.0 Å². The van der Waals surface area contributed by atoms with E-state index in [1.165, 1.54) is 18.2 Å². The number of benzene rings is 1. The van der Waals surface area contributed by atoms with Gasteiger partial charge < -0.3 is 16.2 Å². The van der Waals surface area contributed by atoms with Gasteiger partial charge in [0.15, 0.2) is 0 Å². The molecule has 20 heavy (non-hydrogen) atoms. The summed E-state index contributed by atoms with van der Waals surface area (Å²) in [6, 6.07) is 5.15. The standard InChI is InChI=1S/C13H13N3O4/c1-2-20-12(18)8-4-3-7-5-10(11(14)17)16(13(15)19)9(7)6-8/h3-6H,2H2,1H3,(H2,14,17)(H2,15,19). The van der Waals surface area contributed by atoms with Gasteiger partial charge in [-0.25, -0.2) is 9.59 Å². The van der Waals surface area contributed by atoms with Crippen LogP contribution in [0.3, 0.4) is 0 Å². The van der Waals surface area contributed by atoms with Crippen molar-refractivity contribution >= 4 is 28.8 Å². The van der Waals surface area contributed by atoms with Crippen LogP contribution >= 0.6 is 0 Å². The number of nitrogens with two attached hydrogens (primary N) is 2. The summed E-state index contributed by atoms with van der Waals surface area (Å²) in [6.07, 6.45) is 0. The number of carbonyl (C=O) groups excluding carboxylic acids is 3. The van der Waals surface area contributed by atoms with Gasteiger partial charge in [0, 0.05) is 5.39 Å². The number of ether oxygens (including phenoxy) is 1. The Morgan fingerprint density at radius 1 is 1.20 bits per heavy atom. The molecular weight excluding hydrogens is 262 g/mol. The first-order valence-electron chi connectivity index (χ1n) is 5.88. The molecule has 104 valence electrons. The van der Waals surface area contributed by atoms with Crippen molar-refractivity contribution in [2.45, 2.75) is 6.92 Å². The second-order valence-corrected chi connectivity index (χ2v) is 4.06. The molecule has 0 bridgehead atoms. The molecule has 0 saturated heterocycles. The van der Waals surface area contributed by atoms with Crippen molar-refractivity contribution in [3.05, 3.63) is 35.5 Å². The molecule has 2 rings (SSSR count). The van der Waals surface area contributed by atoms with Crippen molar-refractivity contribution in [3.8, 4) is 0 Å². The van der Waals surface area contributed by atoms with Crippen molar-refractivity contribution in [3.63, 3.8) is 0 Å². The molecule has 0 spiro atoms. The zero-order valence-electron chi connectivity index (χ0n) is 10.8. The maximum atomic E-state index is 11.7. The Bertz CT molecular complexity index is 718. The predicted octanol–water partition coefficient (Wildman–Crippen LogP) is 0.844. The highest BCUT2D eigenvalue weighted by molar-refractivity contribution is 6.05. The summed E-state index contributed by atoms with van der Waals surface area (Å²) >= 11 is 0. The van der Waals surface area contributed by atoms with Crippen LogP contribution in [0.2, 0.25) is 0 Å². The Morgan fingerprint density at radius 2 is 1.90 bits per heavy atom. The fraction of sp³-hybridized carbons (Fsp3) is 0.154. The average Bonchev–Trinajstić information content (AvgIpc) is 2.77. The van der Waals surface area contributed by atoms with Gasteiger partial charge in [-0.15, -0.1) is 0 Å². The van der Waals surface area contributed by atoms with Crippen LogP contribution in [0.4, 0.5) is 4.79 Å². The molecule has 0 aliphatic carbocycles. The van der Waals surface area contributed by atoms with E-state index >= 15 is 0 Å². The highest BCUT2D eigenvalue weighted by Gasteiger charge is 2.18. The van der Waals surface area contributed by atoms with Crippen LogP contribution in [0.1, 0.15) is 27.8 Å². The Kier molecular flexibility index (Phi) is 3.43. The highest BCUT2D eigenvalue weighted by Crippen LogP contribution is 2.21. The van der Waals surface area contributed by atoms with E-state index in [0.29, 0.717) is 10.9 Å². The van der Waals surface area contributed by atoms with Crippen LogP contribution < -0.4 is 11.5 Å². The lowest BCUT2D eigenvalue weighted by Crippen LogP contribution is -2.26. The van der Waals surface area contributed by atoms with Gasteiger partial charge in [0.05, 0.1) is 17.7 Å². The third kappa shape index (κ3) is 2.20. The molecule has 1 aromatic heterocycles. The molecule has 1 heterocycles. The second kappa shape index (κ2) is 5.04. The minimum atomic E-state index is -0.852. The molecular formula is C13H13N3O4. The lowest BCUT2D eigenvalue weighted by Gasteiger charge is -2.05. The minimum Gasteiger partial charge on any atom is -0.462 e. The van der Waals surface area contributed by atoms with Crippen LogP contribution in [0, 0.1) is 0 Å².